The molecule has 4 rings (SSSR count). The van der Waals surface area contributed by atoms with E-state index in [1.807, 2.05) is 31.2 Å². The average Bonchev–Trinajstić information content (AvgIpc) is 2.84. The maximum Gasteiger partial charge on any atom is 0.263 e. The van der Waals surface area contributed by atoms with Crippen LogP contribution in [0.1, 0.15) is 30.4 Å². The molecule has 1 saturated heterocycles. The van der Waals surface area contributed by atoms with Gasteiger partial charge >= 0.3 is 0 Å². The molecule has 0 saturated carbocycles. The summed E-state index contributed by atoms with van der Waals surface area (Å²) in [5, 5.41) is 0. The highest BCUT2D eigenvalue weighted by atomic mass is 32.2. The van der Waals surface area contributed by atoms with Gasteiger partial charge in [0.15, 0.2) is 0 Å². The molecule has 9 heteroatoms. The fourth-order valence-corrected chi connectivity index (χ4v) is 4.76. The van der Waals surface area contributed by atoms with E-state index in [1.54, 1.807) is 24.3 Å². The van der Waals surface area contributed by atoms with Crippen molar-refractivity contribution in [2.45, 2.75) is 37.7 Å². The van der Waals surface area contributed by atoms with Crippen molar-refractivity contribution in [2.75, 3.05) is 31.0 Å². The number of aromatic nitrogens is 2. The third-order valence-electron chi connectivity index (χ3n) is 5.63. The van der Waals surface area contributed by atoms with Gasteiger partial charge in [-0.3, -0.25) is 9.62 Å². The van der Waals surface area contributed by atoms with E-state index in [-0.39, 0.29) is 23.2 Å². The Bertz CT molecular complexity index is 1180. The molecule has 1 aromatic heterocycles. The summed E-state index contributed by atoms with van der Waals surface area (Å²) in [6.45, 7) is 5.94. The summed E-state index contributed by atoms with van der Waals surface area (Å²) in [4.78, 5) is 10.9. The summed E-state index contributed by atoms with van der Waals surface area (Å²) in [6.07, 6.45) is 6.72. The molecular formula is C25H30N4O4S. The third-order valence-corrected chi connectivity index (χ3v) is 6.98. The molecule has 1 N–H and O–H groups in total. The van der Waals surface area contributed by atoms with Crippen molar-refractivity contribution in [1.29, 1.82) is 0 Å². The van der Waals surface area contributed by atoms with Crippen LogP contribution in [0.5, 0.6) is 11.6 Å². The van der Waals surface area contributed by atoms with Crippen LogP contribution < -0.4 is 14.2 Å². The molecule has 3 aromatic rings. The van der Waals surface area contributed by atoms with E-state index in [0.29, 0.717) is 6.61 Å². The fourth-order valence-electron chi connectivity index (χ4n) is 3.76. The Kier molecular flexibility index (Phi) is 7.97. The van der Waals surface area contributed by atoms with Gasteiger partial charge in [0.2, 0.25) is 5.82 Å². The van der Waals surface area contributed by atoms with Crippen molar-refractivity contribution in [3.63, 3.8) is 0 Å². The number of aryl methyl sites for hydroxylation is 1. The monoisotopic (exact) mass is 482 g/mol. The number of benzene rings is 2. The highest BCUT2D eigenvalue weighted by Crippen LogP contribution is 2.23. The molecule has 34 heavy (non-hydrogen) atoms. The zero-order valence-electron chi connectivity index (χ0n) is 19.3. The number of ether oxygens (including phenoxy) is 2. The Morgan fingerprint density at radius 3 is 2.53 bits per heavy atom. The minimum atomic E-state index is -3.82. The second-order valence-electron chi connectivity index (χ2n) is 8.32. The lowest BCUT2D eigenvalue weighted by Gasteiger charge is -2.26. The Labute approximate surface area is 201 Å². The molecule has 0 aliphatic carbocycles. The highest BCUT2D eigenvalue weighted by Gasteiger charge is 2.18. The van der Waals surface area contributed by atoms with Gasteiger partial charge in [0.1, 0.15) is 19.0 Å². The summed E-state index contributed by atoms with van der Waals surface area (Å²) in [5.41, 5.74) is 1.86. The molecule has 1 aliphatic rings. The number of hydrogen-bond donors (Lipinski definition) is 1. The maximum absolute atomic E-state index is 12.7. The minimum absolute atomic E-state index is 0.0389. The molecule has 0 unspecified atom stereocenters. The van der Waals surface area contributed by atoms with Gasteiger partial charge in [-0.05, 0) is 62.7 Å². The second-order valence-corrected chi connectivity index (χ2v) is 10.00. The Hall–Kier alpha value is -3.17. The van der Waals surface area contributed by atoms with E-state index in [1.165, 1.54) is 31.7 Å². The van der Waals surface area contributed by atoms with Gasteiger partial charge in [-0.2, -0.15) is 0 Å². The van der Waals surface area contributed by atoms with Crippen molar-refractivity contribution < 1.29 is 17.9 Å². The zero-order valence-corrected chi connectivity index (χ0v) is 20.1. The van der Waals surface area contributed by atoms with Crippen LogP contribution in [0.25, 0.3) is 0 Å². The summed E-state index contributed by atoms with van der Waals surface area (Å²) >= 11 is 0. The second kappa shape index (κ2) is 11.3. The molecule has 1 aliphatic heterocycles. The number of sulfonamides is 1. The first-order chi connectivity index (χ1) is 16.5. The molecule has 0 spiro atoms. The molecule has 180 valence electrons. The van der Waals surface area contributed by atoms with Crippen LogP contribution in [0.4, 0.5) is 5.82 Å². The lowest BCUT2D eigenvalue weighted by Crippen LogP contribution is -2.33. The third kappa shape index (κ3) is 6.68. The van der Waals surface area contributed by atoms with Gasteiger partial charge < -0.3 is 9.47 Å². The zero-order chi connectivity index (χ0) is 23.8. The lowest BCUT2D eigenvalue weighted by atomic mass is 10.1. The molecule has 8 nitrogen and oxygen atoms in total. The Morgan fingerprint density at radius 2 is 1.74 bits per heavy atom. The minimum Gasteiger partial charge on any atom is -0.492 e. The van der Waals surface area contributed by atoms with Gasteiger partial charge in [0.25, 0.3) is 15.9 Å². The number of nitrogens with zero attached hydrogens (tertiary/aromatic N) is 3. The van der Waals surface area contributed by atoms with Gasteiger partial charge in [-0.1, -0.05) is 36.2 Å². The van der Waals surface area contributed by atoms with Crippen LogP contribution in [0.15, 0.2) is 65.8 Å². The standard InChI is InChI=1S/C25H30N4O4S/c1-20-8-10-23(11-9-20)34(30,31)28-24-25(27-13-12-26-24)33-19-21-6-5-7-22(18-21)32-17-16-29-14-3-2-4-15-29/h5-13,18H,2-4,14-17,19H2,1H3,(H,26,28). The van der Waals surface area contributed by atoms with Crippen molar-refractivity contribution in [3.8, 4) is 11.6 Å². The molecule has 2 heterocycles. The van der Waals surface area contributed by atoms with Crippen LogP contribution in [0.2, 0.25) is 0 Å². The smallest absolute Gasteiger partial charge is 0.263 e. The summed E-state index contributed by atoms with van der Waals surface area (Å²) in [5.74, 6) is 0.921. The molecule has 0 atom stereocenters. The largest absolute Gasteiger partial charge is 0.492 e. The molecule has 2 aromatic carbocycles. The topological polar surface area (TPSA) is 93.7 Å². The van der Waals surface area contributed by atoms with E-state index in [0.717, 1.165) is 36.5 Å². The van der Waals surface area contributed by atoms with Crippen LogP contribution >= 0.6 is 0 Å². The van der Waals surface area contributed by atoms with E-state index >= 15 is 0 Å². The van der Waals surface area contributed by atoms with E-state index < -0.39 is 10.0 Å². The van der Waals surface area contributed by atoms with Crippen molar-refractivity contribution >= 4 is 15.8 Å². The average molecular weight is 483 g/mol. The number of likely N-dealkylation sites (tertiary alicyclic amines) is 1. The summed E-state index contributed by atoms with van der Waals surface area (Å²) in [7, 11) is -3.82. The van der Waals surface area contributed by atoms with Crippen LogP contribution in [-0.2, 0) is 16.6 Å². The maximum atomic E-state index is 12.7. The van der Waals surface area contributed by atoms with Crippen LogP contribution in [-0.4, -0.2) is 49.5 Å². The molecule has 1 fully saturated rings. The Morgan fingerprint density at radius 1 is 0.971 bits per heavy atom. The predicted octanol–water partition coefficient (Wildman–Crippen LogP) is 4.03. The van der Waals surface area contributed by atoms with Crippen molar-refractivity contribution in [1.82, 2.24) is 14.9 Å². The van der Waals surface area contributed by atoms with Gasteiger partial charge in [0.05, 0.1) is 4.90 Å². The highest BCUT2D eigenvalue weighted by molar-refractivity contribution is 7.92. The Balaban J connectivity index is 1.36. The number of piperidine rings is 1. The number of rotatable bonds is 10. The number of hydrogen-bond acceptors (Lipinski definition) is 7. The van der Waals surface area contributed by atoms with E-state index in [9.17, 15) is 8.42 Å². The molecular weight excluding hydrogens is 452 g/mol. The van der Waals surface area contributed by atoms with E-state index in [2.05, 4.69) is 19.6 Å². The normalized spacial score (nSPS) is 14.5. The van der Waals surface area contributed by atoms with Crippen molar-refractivity contribution in [2.24, 2.45) is 0 Å². The fraction of sp³-hybridized carbons (Fsp3) is 0.360. The summed E-state index contributed by atoms with van der Waals surface area (Å²) in [6, 6.07) is 14.2. The van der Waals surface area contributed by atoms with Gasteiger partial charge in [0, 0.05) is 18.9 Å². The lowest BCUT2D eigenvalue weighted by molar-refractivity contribution is 0.183. The predicted molar refractivity (Wildman–Crippen MR) is 131 cm³/mol. The first-order valence-electron chi connectivity index (χ1n) is 11.5. The molecule has 0 radical (unpaired) electrons. The first kappa shape index (κ1) is 24.0. The van der Waals surface area contributed by atoms with Gasteiger partial charge in [-0.25, -0.2) is 18.4 Å². The summed E-state index contributed by atoms with van der Waals surface area (Å²) < 4.78 is 39.7. The van der Waals surface area contributed by atoms with Crippen LogP contribution in [0.3, 0.4) is 0 Å². The first-order valence-corrected chi connectivity index (χ1v) is 13.0. The van der Waals surface area contributed by atoms with Gasteiger partial charge in [-0.15, -0.1) is 0 Å². The molecule has 0 bridgehead atoms. The van der Waals surface area contributed by atoms with E-state index in [4.69, 9.17) is 9.47 Å². The van der Waals surface area contributed by atoms with Crippen molar-refractivity contribution in [3.05, 3.63) is 72.1 Å². The SMILES string of the molecule is Cc1ccc(S(=O)(=O)Nc2nccnc2OCc2cccc(OCCN3CCCCC3)c2)cc1. The number of nitrogens with one attached hydrogen (secondary N) is 1. The van der Waals surface area contributed by atoms with Crippen LogP contribution in [0, 0.1) is 6.92 Å². The number of anilines is 1. The quantitative estimate of drug-likeness (QED) is 0.466. The molecule has 0 amide bonds.